The van der Waals surface area contributed by atoms with Crippen molar-refractivity contribution in [3.63, 3.8) is 0 Å². The van der Waals surface area contributed by atoms with Crippen molar-refractivity contribution in [3.05, 3.63) is 71.0 Å². The summed E-state index contributed by atoms with van der Waals surface area (Å²) >= 11 is 0. The molecule has 3 heteroatoms. The third-order valence-corrected chi connectivity index (χ3v) is 3.80. The summed E-state index contributed by atoms with van der Waals surface area (Å²) < 4.78 is 13.8. The van der Waals surface area contributed by atoms with Crippen molar-refractivity contribution in [3.8, 4) is 6.07 Å². The molecule has 1 aliphatic heterocycles. The van der Waals surface area contributed by atoms with Crippen LogP contribution in [0.4, 0.5) is 4.39 Å². The van der Waals surface area contributed by atoms with Crippen LogP contribution in [-0.4, -0.2) is 18.0 Å². The van der Waals surface area contributed by atoms with E-state index in [0.717, 1.165) is 13.1 Å². The molecular weight excluding hydrogens is 251 g/mol. The minimum absolute atomic E-state index is 0.285. The third kappa shape index (κ3) is 2.56. The number of rotatable bonds is 3. The summed E-state index contributed by atoms with van der Waals surface area (Å²) in [4.78, 5) is 2.22. The van der Waals surface area contributed by atoms with Crippen molar-refractivity contribution < 1.29 is 4.39 Å². The van der Waals surface area contributed by atoms with E-state index in [2.05, 4.69) is 29.2 Å². The maximum absolute atomic E-state index is 13.8. The second-order valence-corrected chi connectivity index (χ2v) is 5.22. The lowest BCUT2D eigenvalue weighted by atomic mass is 9.91. The van der Waals surface area contributed by atoms with Crippen molar-refractivity contribution in [1.82, 2.24) is 4.90 Å². The van der Waals surface area contributed by atoms with Crippen molar-refractivity contribution in [2.45, 2.75) is 12.5 Å². The molecule has 1 heterocycles. The summed E-state index contributed by atoms with van der Waals surface area (Å²) in [6, 6.07) is 17.1. The molecule has 0 spiro atoms. The van der Waals surface area contributed by atoms with E-state index < -0.39 is 0 Å². The first-order valence-corrected chi connectivity index (χ1v) is 6.72. The number of halogens is 1. The van der Waals surface area contributed by atoms with Gasteiger partial charge in [0.2, 0.25) is 0 Å². The van der Waals surface area contributed by atoms with Gasteiger partial charge in [-0.2, -0.15) is 5.26 Å². The van der Waals surface area contributed by atoms with Crippen LogP contribution < -0.4 is 0 Å². The monoisotopic (exact) mass is 266 g/mol. The number of hydrogen-bond donors (Lipinski definition) is 0. The van der Waals surface area contributed by atoms with Gasteiger partial charge in [0.25, 0.3) is 0 Å². The Labute approximate surface area is 118 Å². The molecule has 0 amide bonds. The average molecular weight is 266 g/mol. The standard InChI is InChI=1S/C17H15FN2/c18-17-8-13(9-19)6-7-15(17)10-20-11-16(12-20)14-4-2-1-3-5-14/h1-8,16H,10-12H2. The summed E-state index contributed by atoms with van der Waals surface area (Å²) in [6.07, 6.45) is 0. The highest BCUT2D eigenvalue weighted by Crippen LogP contribution is 2.28. The lowest BCUT2D eigenvalue weighted by Crippen LogP contribution is -2.44. The fourth-order valence-electron chi connectivity index (χ4n) is 2.62. The molecule has 0 aromatic heterocycles. The Kier molecular flexibility index (Phi) is 3.49. The van der Waals surface area contributed by atoms with Crippen molar-refractivity contribution in [1.29, 1.82) is 5.26 Å². The van der Waals surface area contributed by atoms with E-state index in [4.69, 9.17) is 5.26 Å². The minimum Gasteiger partial charge on any atom is -0.298 e. The molecule has 1 saturated heterocycles. The average Bonchev–Trinajstić information content (AvgIpc) is 2.44. The SMILES string of the molecule is N#Cc1ccc(CN2CC(c3ccccc3)C2)c(F)c1. The van der Waals surface area contributed by atoms with Gasteiger partial charge in [-0.25, -0.2) is 4.39 Å². The van der Waals surface area contributed by atoms with E-state index in [-0.39, 0.29) is 5.82 Å². The van der Waals surface area contributed by atoms with Crippen LogP contribution in [-0.2, 0) is 6.54 Å². The highest BCUT2D eigenvalue weighted by atomic mass is 19.1. The van der Waals surface area contributed by atoms with Crippen LogP contribution in [0, 0.1) is 17.1 Å². The number of nitriles is 1. The van der Waals surface area contributed by atoms with E-state index >= 15 is 0 Å². The molecule has 0 radical (unpaired) electrons. The summed E-state index contributed by atoms with van der Waals surface area (Å²) in [6.45, 7) is 2.54. The van der Waals surface area contributed by atoms with Crippen molar-refractivity contribution in [2.75, 3.05) is 13.1 Å². The Morgan fingerprint density at radius 3 is 2.55 bits per heavy atom. The molecule has 1 fully saturated rings. The van der Waals surface area contributed by atoms with Gasteiger partial charge in [-0.15, -0.1) is 0 Å². The van der Waals surface area contributed by atoms with Gasteiger partial charge in [-0.1, -0.05) is 36.4 Å². The number of benzene rings is 2. The number of hydrogen-bond acceptors (Lipinski definition) is 2. The number of likely N-dealkylation sites (tertiary alicyclic amines) is 1. The molecule has 0 aliphatic carbocycles. The summed E-state index contributed by atoms with van der Waals surface area (Å²) in [5.41, 5.74) is 2.39. The van der Waals surface area contributed by atoms with Crippen molar-refractivity contribution in [2.24, 2.45) is 0 Å². The maximum atomic E-state index is 13.8. The molecule has 1 aliphatic rings. The van der Waals surface area contributed by atoms with Crippen LogP contribution in [0.15, 0.2) is 48.5 Å². The fourth-order valence-corrected chi connectivity index (χ4v) is 2.62. The molecule has 0 unspecified atom stereocenters. The van der Waals surface area contributed by atoms with E-state index in [1.807, 2.05) is 12.1 Å². The molecule has 100 valence electrons. The van der Waals surface area contributed by atoms with Gasteiger partial charge in [0.1, 0.15) is 5.82 Å². The van der Waals surface area contributed by atoms with E-state index in [1.54, 1.807) is 12.1 Å². The van der Waals surface area contributed by atoms with Crippen LogP contribution >= 0.6 is 0 Å². The summed E-state index contributed by atoms with van der Waals surface area (Å²) in [7, 11) is 0. The van der Waals surface area contributed by atoms with E-state index in [9.17, 15) is 4.39 Å². The van der Waals surface area contributed by atoms with E-state index in [1.165, 1.54) is 11.6 Å². The fraction of sp³-hybridized carbons (Fsp3) is 0.235. The first-order chi connectivity index (χ1) is 9.76. The van der Waals surface area contributed by atoms with Crippen LogP contribution in [0.5, 0.6) is 0 Å². The highest BCUT2D eigenvalue weighted by Gasteiger charge is 2.28. The van der Waals surface area contributed by atoms with Gasteiger partial charge in [0.15, 0.2) is 0 Å². The smallest absolute Gasteiger partial charge is 0.129 e. The van der Waals surface area contributed by atoms with E-state index in [0.29, 0.717) is 23.6 Å². The van der Waals surface area contributed by atoms with Gasteiger partial charge in [0, 0.05) is 31.1 Å². The van der Waals surface area contributed by atoms with Crippen LogP contribution in [0.1, 0.15) is 22.6 Å². The Morgan fingerprint density at radius 1 is 1.15 bits per heavy atom. The lowest BCUT2D eigenvalue weighted by Gasteiger charge is -2.39. The zero-order valence-electron chi connectivity index (χ0n) is 11.1. The van der Waals surface area contributed by atoms with Crippen LogP contribution in [0.25, 0.3) is 0 Å². The predicted octanol–water partition coefficient (Wildman–Crippen LogP) is 3.30. The first kappa shape index (κ1) is 12.8. The highest BCUT2D eigenvalue weighted by molar-refractivity contribution is 5.33. The van der Waals surface area contributed by atoms with Gasteiger partial charge in [0.05, 0.1) is 11.6 Å². The molecule has 0 atom stereocenters. The molecule has 2 nitrogen and oxygen atoms in total. The van der Waals surface area contributed by atoms with Crippen LogP contribution in [0.2, 0.25) is 0 Å². The largest absolute Gasteiger partial charge is 0.298 e. The Bertz CT molecular complexity index is 640. The molecule has 0 bridgehead atoms. The Hall–Kier alpha value is -2.18. The summed E-state index contributed by atoms with van der Waals surface area (Å²) in [5.74, 6) is 0.268. The Morgan fingerprint density at radius 2 is 1.90 bits per heavy atom. The maximum Gasteiger partial charge on any atom is 0.129 e. The van der Waals surface area contributed by atoms with Gasteiger partial charge in [-0.05, 0) is 17.7 Å². The molecule has 2 aromatic rings. The van der Waals surface area contributed by atoms with Gasteiger partial charge in [-0.3, -0.25) is 4.90 Å². The van der Waals surface area contributed by atoms with Crippen LogP contribution in [0.3, 0.4) is 0 Å². The third-order valence-electron chi connectivity index (χ3n) is 3.80. The predicted molar refractivity (Wildman–Crippen MR) is 75.6 cm³/mol. The molecule has 2 aromatic carbocycles. The van der Waals surface area contributed by atoms with Crippen molar-refractivity contribution >= 4 is 0 Å². The zero-order valence-corrected chi connectivity index (χ0v) is 11.1. The molecule has 3 rings (SSSR count). The second-order valence-electron chi connectivity index (χ2n) is 5.22. The second kappa shape index (κ2) is 5.44. The molecule has 0 saturated carbocycles. The lowest BCUT2D eigenvalue weighted by molar-refractivity contribution is 0.138. The molecule has 0 N–H and O–H groups in total. The van der Waals surface area contributed by atoms with Gasteiger partial charge >= 0.3 is 0 Å². The van der Waals surface area contributed by atoms with Gasteiger partial charge < -0.3 is 0 Å². The number of nitrogens with zero attached hydrogens (tertiary/aromatic N) is 2. The topological polar surface area (TPSA) is 27.0 Å². The molecular formula is C17H15FN2. The normalized spacial score (nSPS) is 15.6. The Balaban J connectivity index is 1.61. The molecule has 20 heavy (non-hydrogen) atoms. The first-order valence-electron chi connectivity index (χ1n) is 6.72. The zero-order chi connectivity index (χ0) is 13.9. The summed E-state index contributed by atoms with van der Waals surface area (Å²) in [5, 5.41) is 8.73. The minimum atomic E-state index is -0.285. The quantitative estimate of drug-likeness (QED) is 0.852.